The van der Waals surface area contributed by atoms with Gasteiger partial charge in [0, 0.05) is 12.6 Å². The van der Waals surface area contributed by atoms with E-state index >= 15 is 0 Å². The molecular formula is C10H19N3O2. The van der Waals surface area contributed by atoms with Crippen LogP contribution in [0.15, 0.2) is 0 Å². The first-order valence-electron chi connectivity index (χ1n) is 5.50. The number of carbonyl (C=O) groups is 2. The van der Waals surface area contributed by atoms with Gasteiger partial charge in [-0.15, -0.1) is 0 Å². The number of rotatable bonds is 5. The lowest BCUT2D eigenvalue weighted by molar-refractivity contribution is -0.115. The van der Waals surface area contributed by atoms with E-state index in [1.807, 2.05) is 0 Å². The maximum Gasteiger partial charge on any atom is 0.324 e. The van der Waals surface area contributed by atoms with E-state index in [0.29, 0.717) is 25.9 Å². The molecule has 0 aliphatic heterocycles. The fraction of sp³-hybridized carbons (Fsp3) is 0.800. The summed E-state index contributed by atoms with van der Waals surface area (Å²) in [5.41, 5.74) is 5.32. The van der Waals surface area contributed by atoms with Crippen molar-refractivity contribution in [1.29, 1.82) is 0 Å². The van der Waals surface area contributed by atoms with Gasteiger partial charge in [0.05, 0.1) is 0 Å². The summed E-state index contributed by atoms with van der Waals surface area (Å²) >= 11 is 0. The lowest BCUT2D eigenvalue weighted by atomic mass is 10.2. The Morgan fingerprint density at radius 2 is 2.13 bits per heavy atom. The average Bonchev–Trinajstić information content (AvgIpc) is 2.71. The number of hydrogen-bond donors (Lipinski definition) is 2. The molecule has 0 heterocycles. The van der Waals surface area contributed by atoms with E-state index in [4.69, 9.17) is 5.73 Å². The Hall–Kier alpha value is -1.10. The Bertz CT molecular complexity index is 215. The molecular weight excluding hydrogens is 194 g/mol. The molecule has 5 nitrogen and oxygen atoms in total. The van der Waals surface area contributed by atoms with Gasteiger partial charge >= 0.3 is 6.03 Å². The van der Waals surface area contributed by atoms with Gasteiger partial charge in [-0.1, -0.05) is 12.8 Å². The third kappa shape index (κ3) is 3.87. The van der Waals surface area contributed by atoms with Gasteiger partial charge in [0.2, 0.25) is 6.41 Å². The zero-order chi connectivity index (χ0) is 11.1. The first-order chi connectivity index (χ1) is 7.27. The van der Waals surface area contributed by atoms with Crippen LogP contribution in [0.25, 0.3) is 0 Å². The highest BCUT2D eigenvalue weighted by Crippen LogP contribution is 2.17. The summed E-state index contributed by atoms with van der Waals surface area (Å²) in [6, 6.07) is -0.0387. The first kappa shape index (κ1) is 12.0. The van der Waals surface area contributed by atoms with Crippen molar-refractivity contribution in [2.75, 3.05) is 13.1 Å². The van der Waals surface area contributed by atoms with E-state index in [1.54, 1.807) is 0 Å². The summed E-state index contributed by atoms with van der Waals surface area (Å²) in [4.78, 5) is 23.4. The van der Waals surface area contributed by atoms with Crippen LogP contribution in [0.3, 0.4) is 0 Å². The smallest absolute Gasteiger partial charge is 0.324 e. The molecule has 1 saturated carbocycles. The first-order valence-corrected chi connectivity index (χ1v) is 5.50. The van der Waals surface area contributed by atoms with Gasteiger partial charge in [-0.05, 0) is 25.8 Å². The van der Waals surface area contributed by atoms with Crippen LogP contribution in [0.5, 0.6) is 0 Å². The minimum Gasteiger partial charge on any atom is -0.335 e. The number of imide groups is 1. The summed E-state index contributed by atoms with van der Waals surface area (Å²) in [6.07, 6.45) is 5.59. The van der Waals surface area contributed by atoms with Crippen LogP contribution < -0.4 is 11.1 Å². The lowest BCUT2D eigenvalue weighted by Crippen LogP contribution is -2.44. The number of urea groups is 1. The Morgan fingerprint density at radius 1 is 1.47 bits per heavy atom. The summed E-state index contributed by atoms with van der Waals surface area (Å²) in [5, 5.41) is 2.85. The van der Waals surface area contributed by atoms with Gasteiger partial charge in [0.25, 0.3) is 0 Å². The highest BCUT2D eigenvalue weighted by Gasteiger charge is 2.20. The van der Waals surface area contributed by atoms with E-state index in [0.717, 1.165) is 30.6 Å². The molecule has 3 N–H and O–H groups in total. The van der Waals surface area contributed by atoms with E-state index in [2.05, 4.69) is 5.32 Å². The highest BCUT2D eigenvalue weighted by molar-refractivity contribution is 5.84. The van der Waals surface area contributed by atoms with Gasteiger partial charge in [-0.2, -0.15) is 0 Å². The predicted octanol–water partition coefficient (Wildman–Crippen LogP) is 0.446. The van der Waals surface area contributed by atoms with Crippen molar-refractivity contribution < 1.29 is 9.59 Å². The minimum absolute atomic E-state index is 0.248. The van der Waals surface area contributed by atoms with Crippen LogP contribution in [-0.2, 0) is 4.79 Å². The molecule has 0 radical (unpaired) electrons. The van der Waals surface area contributed by atoms with Crippen molar-refractivity contribution >= 4 is 12.4 Å². The molecule has 1 fully saturated rings. The topological polar surface area (TPSA) is 75.4 Å². The molecule has 3 amide bonds. The second-order valence-corrected chi connectivity index (χ2v) is 3.87. The Labute approximate surface area is 90.0 Å². The third-order valence-corrected chi connectivity index (χ3v) is 2.67. The molecule has 0 aromatic carbocycles. The second-order valence-electron chi connectivity index (χ2n) is 3.87. The maximum absolute atomic E-state index is 11.6. The molecule has 5 heteroatoms. The summed E-state index contributed by atoms with van der Waals surface area (Å²) < 4.78 is 0. The molecule has 1 aliphatic carbocycles. The molecule has 0 saturated heterocycles. The minimum atomic E-state index is -0.287. The summed E-state index contributed by atoms with van der Waals surface area (Å²) in [5.74, 6) is 0. The van der Waals surface area contributed by atoms with E-state index in [9.17, 15) is 9.59 Å². The van der Waals surface area contributed by atoms with Crippen molar-refractivity contribution in [2.24, 2.45) is 5.73 Å². The van der Waals surface area contributed by atoms with Gasteiger partial charge in [0.1, 0.15) is 0 Å². The largest absolute Gasteiger partial charge is 0.335 e. The Morgan fingerprint density at radius 3 is 2.67 bits per heavy atom. The normalized spacial score (nSPS) is 16.3. The standard InChI is InChI=1S/C10H19N3O2/c11-6-3-7-13(8-14)10(15)12-9-4-1-2-5-9/h8-9H,1-7,11H2,(H,12,15). The van der Waals surface area contributed by atoms with Crippen molar-refractivity contribution in [1.82, 2.24) is 10.2 Å². The summed E-state index contributed by atoms with van der Waals surface area (Å²) in [7, 11) is 0. The third-order valence-electron chi connectivity index (χ3n) is 2.67. The molecule has 0 aromatic rings. The maximum atomic E-state index is 11.6. The monoisotopic (exact) mass is 213 g/mol. The number of nitrogens with zero attached hydrogens (tertiary/aromatic N) is 1. The van der Waals surface area contributed by atoms with Gasteiger partial charge in [-0.25, -0.2) is 4.79 Å². The molecule has 0 bridgehead atoms. The van der Waals surface area contributed by atoms with Crippen LogP contribution in [0.2, 0.25) is 0 Å². The zero-order valence-electron chi connectivity index (χ0n) is 8.95. The van der Waals surface area contributed by atoms with E-state index in [1.165, 1.54) is 0 Å². The number of carbonyl (C=O) groups excluding carboxylic acids is 2. The van der Waals surface area contributed by atoms with Gasteiger partial charge in [-0.3, -0.25) is 9.69 Å². The van der Waals surface area contributed by atoms with Crippen LogP contribution in [0, 0.1) is 0 Å². The Balaban J connectivity index is 2.31. The zero-order valence-corrected chi connectivity index (χ0v) is 8.95. The number of hydrogen-bond acceptors (Lipinski definition) is 3. The highest BCUT2D eigenvalue weighted by atomic mass is 16.2. The molecule has 0 unspecified atom stereocenters. The number of amides is 3. The van der Waals surface area contributed by atoms with Crippen LogP contribution in [0.4, 0.5) is 4.79 Å². The van der Waals surface area contributed by atoms with Crippen molar-refractivity contribution in [2.45, 2.75) is 38.1 Å². The average molecular weight is 213 g/mol. The van der Waals surface area contributed by atoms with E-state index in [-0.39, 0.29) is 12.1 Å². The predicted molar refractivity (Wildman–Crippen MR) is 57.2 cm³/mol. The quantitative estimate of drug-likeness (QED) is 0.651. The second kappa shape index (κ2) is 6.40. The molecule has 1 rings (SSSR count). The van der Waals surface area contributed by atoms with Crippen LogP contribution in [0.1, 0.15) is 32.1 Å². The molecule has 86 valence electrons. The summed E-state index contributed by atoms with van der Waals surface area (Å²) in [6.45, 7) is 0.888. The van der Waals surface area contributed by atoms with Gasteiger partial charge in [0.15, 0.2) is 0 Å². The fourth-order valence-corrected chi connectivity index (χ4v) is 1.79. The van der Waals surface area contributed by atoms with Crippen molar-refractivity contribution in [3.05, 3.63) is 0 Å². The molecule has 15 heavy (non-hydrogen) atoms. The lowest BCUT2D eigenvalue weighted by Gasteiger charge is -2.19. The van der Waals surface area contributed by atoms with Crippen LogP contribution >= 0.6 is 0 Å². The Kier molecular flexibility index (Phi) is 5.10. The van der Waals surface area contributed by atoms with E-state index < -0.39 is 0 Å². The molecule has 0 aromatic heterocycles. The van der Waals surface area contributed by atoms with Crippen molar-refractivity contribution in [3.63, 3.8) is 0 Å². The van der Waals surface area contributed by atoms with Crippen molar-refractivity contribution in [3.8, 4) is 0 Å². The number of nitrogens with two attached hydrogens (primary N) is 1. The molecule has 0 atom stereocenters. The van der Waals surface area contributed by atoms with Gasteiger partial charge < -0.3 is 11.1 Å². The molecule has 0 spiro atoms. The SMILES string of the molecule is NCCCN(C=O)C(=O)NC1CCCC1. The van der Waals surface area contributed by atoms with Crippen LogP contribution in [-0.4, -0.2) is 36.5 Å². The number of nitrogens with one attached hydrogen (secondary N) is 1. The molecule has 1 aliphatic rings. The fourth-order valence-electron chi connectivity index (χ4n) is 1.79.